The predicted octanol–water partition coefficient (Wildman–Crippen LogP) is 2.71. The molecule has 0 bridgehead atoms. The fourth-order valence-corrected chi connectivity index (χ4v) is 3.57. The molecule has 17 heavy (non-hydrogen) atoms. The molecule has 1 atom stereocenters. The average molecular weight is 254 g/mol. The van der Waals surface area contributed by atoms with Crippen LogP contribution in [-0.2, 0) is 17.6 Å². The lowest BCUT2D eigenvalue weighted by molar-refractivity contribution is 0.195. The highest BCUT2D eigenvalue weighted by Gasteiger charge is 2.19. The number of ether oxygens (including phenoxy) is 1. The highest BCUT2D eigenvalue weighted by Crippen LogP contribution is 2.30. The molecule has 0 aliphatic heterocycles. The van der Waals surface area contributed by atoms with Crippen molar-refractivity contribution in [2.75, 3.05) is 20.3 Å². The number of methoxy groups -OCH3 is 1. The third kappa shape index (κ3) is 3.27. The molecule has 0 radical (unpaired) electrons. The minimum absolute atomic E-state index is 0.403. The van der Waals surface area contributed by atoms with Gasteiger partial charge in [-0.1, -0.05) is 6.92 Å². The van der Waals surface area contributed by atoms with E-state index < -0.39 is 0 Å². The smallest absolute Gasteiger partial charge is 0.110 e. The molecule has 1 aliphatic rings. The zero-order chi connectivity index (χ0) is 12.1. The molecule has 0 spiro atoms. The molecule has 1 aromatic rings. The van der Waals surface area contributed by atoms with Gasteiger partial charge in [0, 0.05) is 18.5 Å². The first-order valence-electron chi connectivity index (χ1n) is 6.56. The summed E-state index contributed by atoms with van der Waals surface area (Å²) >= 11 is 1.91. The number of hydrogen-bond acceptors (Lipinski definition) is 4. The lowest BCUT2D eigenvalue weighted by Crippen LogP contribution is -2.24. The predicted molar refractivity (Wildman–Crippen MR) is 71.7 cm³/mol. The van der Waals surface area contributed by atoms with Crippen LogP contribution >= 0.6 is 11.3 Å². The fraction of sp³-hybridized carbons (Fsp3) is 0.769. The van der Waals surface area contributed by atoms with Crippen molar-refractivity contribution in [3.8, 4) is 0 Å². The summed E-state index contributed by atoms with van der Waals surface area (Å²) in [4.78, 5) is 6.34. The van der Waals surface area contributed by atoms with E-state index in [2.05, 4.69) is 12.2 Å². The van der Waals surface area contributed by atoms with Crippen LogP contribution in [0, 0.1) is 0 Å². The number of hydrogen-bond donors (Lipinski definition) is 1. The minimum atomic E-state index is 0.403. The van der Waals surface area contributed by atoms with E-state index in [9.17, 15) is 0 Å². The average Bonchev–Trinajstić information content (AvgIpc) is 2.78. The molecule has 1 unspecified atom stereocenters. The zero-order valence-corrected chi connectivity index (χ0v) is 11.6. The Labute approximate surface area is 108 Å². The molecule has 0 saturated carbocycles. The number of nitrogens with one attached hydrogen (secondary N) is 1. The second-order valence-electron chi connectivity index (χ2n) is 4.54. The van der Waals surface area contributed by atoms with Crippen LogP contribution in [0.25, 0.3) is 0 Å². The quantitative estimate of drug-likeness (QED) is 0.793. The lowest BCUT2D eigenvalue weighted by atomic mass is 10.0. The van der Waals surface area contributed by atoms with E-state index in [1.165, 1.54) is 41.3 Å². The van der Waals surface area contributed by atoms with Gasteiger partial charge in [0.15, 0.2) is 0 Å². The van der Waals surface area contributed by atoms with Gasteiger partial charge in [0.1, 0.15) is 5.01 Å². The van der Waals surface area contributed by atoms with Crippen LogP contribution in [0.4, 0.5) is 0 Å². The van der Waals surface area contributed by atoms with Crippen molar-refractivity contribution in [2.45, 2.75) is 45.1 Å². The first kappa shape index (κ1) is 13.0. The van der Waals surface area contributed by atoms with Crippen molar-refractivity contribution in [2.24, 2.45) is 0 Å². The van der Waals surface area contributed by atoms with Crippen LogP contribution in [0.15, 0.2) is 0 Å². The molecule has 3 nitrogen and oxygen atoms in total. The maximum atomic E-state index is 5.07. The van der Waals surface area contributed by atoms with Crippen molar-refractivity contribution in [1.29, 1.82) is 0 Å². The third-order valence-electron chi connectivity index (χ3n) is 3.27. The fourth-order valence-electron chi connectivity index (χ4n) is 2.26. The number of aromatic nitrogens is 1. The van der Waals surface area contributed by atoms with E-state index in [4.69, 9.17) is 9.72 Å². The van der Waals surface area contributed by atoms with Gasteiger partial charge < -0.3 is 10.1 Å². The third-order valence-corrected chi connectivity index (χ3v) is 4.54. The van der Waals surface area contributed by atoms with Crippen LogP contribution in [0.1, 0.15) is 47.8 Å². The normalized spacial score (nSPS) is 16.8. The number of aryl methyl sites for hydroxylation is 2. The van der Waals surface area contributed by atoms with E-state index in [0.29, 0.717) is 6.04 Å². The van der Waals surface area contributed by atoms with Gasteiger partial charge in [-0.3, -0.25) is 0 Å². The highest BCUT2D eigenvalue weighted by atomic mass is 32.1. The Kier molecular flexibility index (Phi) is 4.95. The van der Waals surface area contributed by atoms with Gasteiger partial charge in [0.05, 0.1) is 18.3 Å². The molecule has 96 valence electrons. The molecule has 1 aromatic heterocycles. The molecular weight excluding hydrogens is 232 g/mol. The number of fused-ring (bicyclic) bond motifs is 1. The molecule has 0 amide bonds. The van der Waals surface area contributed by atoms with Crippen molar-refractivity contribution in [1.82, 2.24) is 10.3 Å². The Morgan fingerprint density at radius 3 is 2.94 bits per heavy atom. The summed E-state index contributed by atoms with van der Waals surface area (Å²) in [7, 11) is 1.74. The van der Waals surface area contributed by atoms with Crippen LogP contribution in [0.5, 0.6) is 0 Å². The first-order valence-corrected chi connectivity index (χ1v) is 7.37. The van der Waals surface area contributed by atoms with E-state index in [1.54, 1.807) is 7.11 Å². The summed E-state index contributed by atoms with van der Waals surface area (Å²) in [5, 5.41) is 4.79. The van der Waals surface area contributed by atoms with E-state index >= 15 is 0 Å². The minimum Gasteiger partial charge on any atom is -0.383 e. The molecule has 2 rings (SSSR count). The summed E-state index contributed by atoms with van der Waals surface area (Å²) in [5.41, 5.74) is 1.36. The van der Waals surface area contributed by atoms with Crippen LogP contribution in [0.2, 0.25) is 0 Å². The standard InChI is InChI=1S/C13H22N2OS/c1-3-10(14-8-9-16-2)13-15-11-6-4-5-7-12(11)17-13/h10,14H,3-9H2,1-2H3. The van der Waals surface area contributed by atoms with Gasteiger partial charge in [-0.15, -0.1) is 11.3 Å². The molecule has 0 aromatic carbocycles. The van der Waals surface area contributed by atoms with E-state index in [1.807, 2.05) is 11.3 Å². The van der Waals surface area contributed by atoms with Gasteiger partial charge >= 0.3 is 0 Å². The SMILES string of the molecule is CCC(NCCOC)c1nc2c(s1)CCCC2. The van der Waals surface area contributed by atoms with Crippen molar-refractivity contribution >= 4 is 11.3 Å². The largest absolute Gasteiger partial charge is 0.383 e. The Bertz CT molecular complexity index is 328. The summed E-state index contributed by atoms with van der Waals surface area (Å²) in [6, 6.07) is 0.403. The molecule has 0 saturated heterocycles. The maximum absolute atomic E-state index is 5.07. The van der Waals surface area contributed by atoms with Crippen LogP contribution in [-0.4, -0.2) is 25.2 Å². The molecule has 1 aliphatic carbocycles. The summed E-state index contributed by atoms with van der Waals surface area (Å²) in [6.07, 6.45) is 6.16. The second-order valence-corrected chi connectivity index (χ2v) is 5.65. The number of nitrogens with zero attached hydrogens (tertiary/aromatic N) is 1. The molecule has 4 heteroatoms. The first-order chi connectivity index (χ1) is 8.35. The Balaban J connectivity index is 2.00. The van der Waals surface area contributed by atoms with Gasteiger partial charge in [0.25, 0.3) is 0 Å². The topological polar surface area (TPSA) is 34.1 Å². The van der Waals surface area contributed by atoms with E-state index in [0.717, 1.165) is 19.6 Å². The van der Waals surface area contributed by atoms with Gasteiger partial charge in [0.2, 0.25) is 0 Å². The highest BCUT2D eigenvalue weighted by molar-refractivity contribution is 7.11. The zero-order valence-electron chi connectivity index (χ0n) is 10.8. The summed E-state index contributed by atoms with van der Waals surface area (Å²) < 4.78 is 5.07. The Morgan fingerprint density at radius 2 is 2.24 bits per heavy atom. The molecule has 1 N–H and O–H groups in total. The Morgan fingerprint density at radius 1 is 1.41 bits per heavy atom. The summed E-state index contributed by atoms with van der Waals surface area (Å²) in [6.45, 7) is 3.88. The Hall–Kier alpha value is -0.450. The lowest BCUT2D eigenvalue weighted by Gasteiger charge is -2.13. The summed E-state index contributed by atoms with van der Waals surface area (Å²) in [5.74, 6) is 0. The molecular formula is C13H22N2OS. The monoisotopic (exact) mass is 254 g/mol. The van der Waals surface area contributed by atoms with Crippen molar-refractivity contribution in [3.05, 3.63) is 15.6 Å². The molecule has 1 heterocycles. The second kappa shape index (κ2) is 6.47. The maximum Gasteiger partial charge on any atom is 0.110 e. The van der Waals surface area contributed by atoms with Gasteiger partial charge in [-0.05, 0) is 32.1 Å². The van der Waals surface area contributed by atoms with E-state index in [-0.39, 0.29) is 0 Å². The van der Waals surface area contributed by atoms with Gasteiger partial charge in [-0.2, -0.15) is 0 Å². The van der Waals surface area contributed by atoms with Crippen molar-refractivity contribution in [3.63, 3.8) is 0 Å². The van der Waals surface area contributed by atoms with Gasteiger partial charge in [-0.25, -0.2) is 4.98 Å². The van der Waals surface area contributed by atoms with Crippen molar-refractivity contribution < 1.29 is 4.74 Å². The van der Waals surface area contributed by atoms with Crippen LogP contribution in [0.3, 0.4) is 0 Å². The number of rotatable bonds is 6. The van der Waals surface area contributed by atoms with Crippen LogP contribution < -0.4 is 5.32 Å². The number of thiazole rings is 1. The molecule has 0 fully saturated rings.